The first-order chi connectivity index (χ1) is 5.69. The van der Waals surface area contributed by atoms with Crippen LogP contribution in [0.4, 0.5) is 4.39 Å². The number of hydrogen-bond acceptors (Lipinski definition) is 3. The lowest BCUT2D eigenvalue weighted by molar-refractivity contribution is -0.613. The van der Waals surface area contributed by atoms with Gasteiger partial charge in [-0.3, -0.25) is 0 Å². The summed E-state index contributed by atoms with van der Waals surface area (Å²) in [6.45, 7) is 0. The summed E-state index contributed by atoms with van der Waals surface area (Å²) in [4.78, 5) is 0. The summed E-state index contributed by atoms with van der Waals surface area (Å²) in [5.74, 6) is -0.736. The van der Waals surface area contributed by atoms with Crippen molar-refractivity contribution in [2.45, 2.75) is 0 Å². The highest BCUT2D eigenvalue weighted by Crippen LogP contribution is 2.18. The van der Waals surface area contributed by atoms with Gasteiger partial charge in [0.25, 0.3) is 0 Å². The van der Waals surface area contributed by atoms with Gasteiger partial charge < -0.3 is 14.7 Å². The van der Waals surface area contributed by atoms with Crippen molar-refractivity contribution in [1.82, 2.24) is 0 Å². The van der Waals surface area contributed by atoms with E-state index in [0.29, 0.717) is 0 Å². The molecule has 0 fully saturated rings. The van der Waals surface area contributed by atoms with Crippen LogP contribution in [0.25, 0.3) is 0 Å². The van der Waals surface area contributed by atoms with Gasteiger partial charge in [0.15, 0.2) is 5.75 Å². The molecule has 66 valence electrons. The maximum Gasteiger partial charge on any atom is 0.383 e. The Morgan fingerprint density at radius 3 is 2.58 bits per heavy atom. The minimum Gasteiger partial charge on any atom is -0.616 e. The molecule has 12 heavy (non-hydrogen) atoms. The Hall–Kier alpha value is -1.52. The molecule has 1 aromatic heterocycles. The van der Waals surface area contributed by atoms with E-state index in [-0.39, 0.29) is 16.4 Å². The minimum absolute atomic E-state index is 0.00625. The highest BCUT2D eigenvalue weighted by molar-refractivity contribution is 5.24. The molecule has 0 aromatic carbocycles. The Kier molecular flexibility index (Phi) is 2.32. The summed E-state index contributed by atoms with van der Waals surface area (Å²) in [5, 5.41) is 10.8. The fourth-order valence-electron chi connectivity index (χ4n) is 0.780. The average Bonchev–Trinajstić information content (AvgIpc) is 2.05. The van der Waals surface area contributed by atoms with Gasteiger partial charge in [-0.2, -0.15) is 4.39 Å². The van der Waals surface area contributed by atoms with E-state index in [2.05, 4.69) is 9.47 Å². The molecular weight excluding hydrogens is 165 g/mol. The zero-order chi connectivity index (χ0) is 9.14. The highest BCUT2D eigenvalue weighted by Gasteiger charge is 2.13. The SMILES string of the molecule is COc1cc(OC)[n+]([O-])cc1F. The Morgan fingerprint density at radius 2 is 2.08 bits per heavy atom. The van der Waals surface area contributed by atoms with Crippen molar-refractivity contribution in [2.24, 2.45) is 0 Å². The first kappa shape index (κ1) is 8.58. The smallest absolute Gasteiger partial charge is 0.383 e. The van der Waals surface area contributed by atoms with Crippen molar-refractivity contribution >= 4 is 0 Å². The van der Waals surface area contributed by atoms with E-state index in [1.54, 1.807) is 0 Å². The number of hydrogen-bond donors (Lipinski definition) is 0. The number of pyridine rings is 1. The molecule has 1 aromatic rings. The van der Waals surface area contributed by atoms with Crippen LogP contribution < -0.4 is 14.2 Å². The second kappa shape index (κ2) is 3.25. The van der Waals surface area contributed by atoms with Gasteiger partial charge in [-0.05, 0) is 0 Å². The van der Waals surface area contributed by atoms with Gasteiger partial charge in [-0.1, -0.05) is 0 Å². The van der Waals surface area contributed by atoms with Crippen LogP contribution in [-0.4, -0.2) is 14.2 Å². The fraction of sp³-hybridized carbons (Fsp3) is 0.286. The largest absolute Gasteiger partial charge is 0.616 e. The standard InChI is InChI=1S/C7H8FNO3/c1-11-6-3-7(12-2)9(10)4-5(6)8/h3-4H,1-2H3. The number of nitrogens with zero attached hydrogens (tertiary/aromatic N) is 1. The zero-order valence-electron chi connectivity index (χ0n) is 6.70. The molecule has 0 saturated heterocycles. The lowest BCUT2D eigenvalue weighted by atomic mass is 10.4. The molecule has 0 aliphatic carbocycles. The topological polar surface area (TPSA) is 45.4 Å². The van der Waals surface area contributed by atoms with Crippen LogP contribution in [0.3, 0.4) is 0 Å². The molecule has 1 heterocycles. The second-order valence-electron chi connectivity index (χ2n) is 2.06. The summed E-state index contributed by atoms with van der Waals surface area (Å²) in [6, 6.07) is 1.18. The van der Waals surface area contributed by atoms with Crippen LogP contribution in [0.15, 0.2) is 12.3 Å². The molecule has 4 nitrogen and oxygen atoms in total. The molecule has 0 saturated carbocycles. The molecule has 0 unspecified atom stereocenters. The second-order valence-corrected chi connectivity index (χ2v) is 2.06. The maximum atomic E-state index is 12.8. The van der Waals surface area contributed by atoms with Crippen molar-refractivity contribution in [1.29, 1.82) is 0 Å². The molecule has 1 rings (SSSR count). The van der Waals surface area contributed by atoms with Crippen LogP contribution in [0.1, 0.15) is 0 Å². The summed E-state index contributed by atoms with van der Waals surface area (Å²) >= 11 is 0. The third kappa shape index (κ3) is 1.39. The van der Waals surface area contributed by atoms with Gasteiger partial charge in [0.1, 0.15) is 0 Å². The molecular formula is C7H8FNO3. The monoisotopic (exact) mass is 173 g/mol. The quantitative estimate of drug-likeness (QED) is 0.482. The van der Waals surface area contributed by atoms with E-state index in [9.17, 15) is 9.60 Å². The van der Waals surface area contributed by atoms with Crippen molar-refractivity contribution in [3.63, 3.8) is 0 Å². The minimum atomic E-state index is -0.715. The van der Waals surface area contributed by atoms with Crippen LogP contribution >= 0.6 is 0 Å². The van der Waals surface area contributed by atoms with Crippen LogP contribution in [-0.2, 0) is 0 Å². The molecule has 0 aliphatic heterocycles. The first-order valence-electron chi connectivity index (χ1n) is 3.19. The number of aromatic nitrogens is 1. The Balaban J connectivity index is 3.18. The summed E-state index contributed by atoms with van der Waals surface area (Å²) < 4.78 is 22.3. The number of methoxy groups -OCH3 is 2. The average molecular weight is 173 g/mol. The summed E-state index contributed by atoms with van der Waals surface area (Å²) in [5.41, 5.74) is 0. The Bertz CT molecular complexity index is 265. The van der Waals surface area contributed by atoms with Crippen LogP contribution in [0.5, 0.6) is 11.6 Å². The first-order valence-corrected chi connectivity index (χ1v) is 3.19. The maximum absolute atomic E-state index is 12.8. The van der Waals surface area contributed by atoms with E-state index in [1.165, 1.54) is 20.3 Å². The molecule has 0 radical (unpaired) electrons. The van der Waals surface area contributed by atoms with Crippen LogP contribution in [0.2, 0.25) is 0 Å². The van der Waals surface area contributed by atoms with Gasteiger partial charge >= 0.3 is 5.88 Å². The molecule has 0 bridgehead atoms. The van der Waals surface area contributed by atoms with Crippen molar-refractivity contribution < 1.29 is 18.6 Å². The van der Waals surface area contributed by atoms with Crippen molar-refractivity contribution in [2.75, 3.05) is 14.2 Å². The van der Waals surface area contributed by atoms with Crippen molar-refractivity contribution in [3.8, 4) is 11.6 Å². The third-order valence-electron chi connectivity index (χ3n) is 1.37. The van der Waals surface area contributed by atoms with Gasteiger partial charge in [-0.15, -0.1) is 4.73 Å². The van der Waals surface area contributed by atoms with Crippen LogP contribution in [0, 0.1) is 11.0 Å². The van der Waals surface area contributed by atoms with Gasteiger partial charge in [-0.25, -0.2) is 0 Å². The number of rotatable bonds is 2. The zero-order valence-corrected chi connectivity index (χ0v) is 6.70. The van der Waals surface area contributed by atoms with E-state index in [0.717, 1.165) is 6.20 Å². The van der Waals surface area contributed by atoms with E-state index < -0.39 is 5.82 Å². The number of ether oxygens (including phenoxy) is 2. The van der Waals surface area contributed by atoms with Crippen molar-refractivity contribution in [3.05, 3.63) is 23.3 Å². The molecule has 0 aliphatic rings. The lowest BCUT2D eigenvalue weighted by Crippen LogP contribution is -2.28. The van der Waals surface area contributed by atoms with E-state index >= 15 is 0 Å². The number of halogens is 1. The van der Waals surface area contributed by atoms with E-state index in [4.69, 9.17) is 0 Å². The van der Waals surface area contributed by atoms with Gasteiger partial charge in [0.05, 0.1) is 20.3 Å². The normalized spacial score (nSPS) is 9.58. The summed E-state index contributed by atoms with van der Waals surface area (Å²) in [7, 11) is 2.63. The summed E-state index contributed by atoms with van der Waals surface area (Å²) in [6.07, 6.45) is 0.748. The lowest BCUT2D eigenvalue weighted by Gasteiger charge is -2.04. The van der Waals surface area contributed by atoms with Gasteiger partial charge in [0.2, 0.25) is 12.0 Å². The molecule has 5 heteroatoms. The molecule has 0 N–H and O–H groups in total. The van der Waals surface area contributed by atoms with Gasteiger partial charge in [0, 0.05) is 0 Å². The fourth-order valence-corrected chi connectivity index (χ4v) is 0.780. The molecule has 0 atom stereocenters. The Morgan fingerprint density at radius 1 is 1.42 bits per heavy atom. The predicted molar refractivity (Wildman–Crippen MR) is 38.5 cm³/mol. The Labute approximate surface area is 68.7 Å². The van der Waals surface area contributed by atoms with E-state index in [1.807, 2.05) is 0 Å². The molecule has 0 spiro atoms. The third-order valence-corrected chi connectivity index (χ3v) is 1.37. The highest BCUT2D eigenvalue weighted by atomic mass is 19.1. The molecule has 0 amide bonds. The predicted octanol–water partition coefficient (Wildman–Crippen LogP) is 0.476.